The van der Waals surface area contributed by atoms with Gasteiger partial charge in [-0.05, 0) is 22.5 Å². The molecule has 0 saturated carbocycles. The Hall–Kier alpha value is -2.85. The van der Waals surface area contributed by atoms with Crippen molar-refractivity contribution in [3.05, 3.63) is 77.7 Å². The normalized spacial score (nSPS) is 14.5. The Morgan fingerprint density at radius 3 is 2.21 bits per heavy atom. The van der Waals surface area contributed by atoms with Crippen molar-refractivity contribution in [3.8, 4) is 11.3 Å². The average Bonchev–Trinajstić information content (AvgIpc) is 2.71. The van der Waals surface area contributed by atoms with Crippen LogP contribution in [0.15, 0.2) is 60.5 Å². The van der Waals surface area contributed by atoms with E-state index in [1.165, 1.54) is 12.1 Å². The molecule has 0 bridgehead atoms. The first-order chi connectivity index (χ1) is 14.7. The van der Waals surface area contributed by atoms with E-state index in [1.807, 2.05) is 6.07 Å². The molecule has 1 N–H and O–H groups in total. The number of carbonyl (C=O) groups excluding carboxylic acids is 1. The topological polar surface area (TPSA) is 50.2 Å². The van der Waals surface area contributed by atoms with E-state index in [-0.39, 0.29) is 31.2 Å². The van der Waals surface area contributed by atoms with Crippen molar-refractivity contribution in [3.63, 3.8) is 0 Å². The number of hydrogen-bond donors (Lipinski definition) is 1. The molecule has 0 fully saturated rings. The summed E-state index contributed by atoms with van der Waals surface area (Å²) in [5.74, 6) is -8.33. The molecule has 4 rings (SSSR count). The zero-order valence-corrected chi connectivity index (χ0v) is 18.3. The Labute approximate surface area is 194 Å². The number of allylic oxidation sites excluding steroid dienone is 2. The van der Waals surface area contributed by atoms with Crippen LogP contribution in [0.2, 0.25) is 0 Å². The van der Waals surface area contributed by atoms with Crippen LogP contribution < -0.4 is 0 Å². The molecule has 177 valence electrons. The van der Waals surface area contributed by atoms with Crippen molar-refractivity contribution in [1.82, 2.24) is 4.98 Å². The number of alkyl halides is 8. The van der Waals surface area contributed by atoms with Gasteiger partial charge in [0.15, 0.2) is 0 Å². The first-order valence-electron chi connectivity index (χ1n) is 8.61. The third-order valence-electron chi connectivity index (χ3n) is 4.40. The fourth-order valence-electron chi connectivity index (χ4n) is 3.01. The summed E-state index contributed by atoms with van der Waals surface area (Å²) in [6.45, 7) is 0. The van der Waals surface area contributed by atoms with Crippen LogP contribution in [-0.4, -0.2) is 28.2 Å². The van der Waals surface area contributed by atoms with Gasteiger partial charge in [-0.25, -0.2) is 8.78 Å². The number of aliphatic hydroxyl groups excluding tert-OH is 1. The van der Waals surface area contributed by atoms with Gasteiger partial charge in [0.25, 0.3) is 11.7 Å². The van der Waals surface area contributed by atoms with E-state index in [9.17, 15) is 39.9 Å². The third kappa shape index (κ3) is 5.22. The molecule has 1 heterocycles. The summed E-state index contributed by atoms with van der Waals surface area (Å²) in [6.07, 6.45) is -10.0. The SMILES string of the molecule is FC1(F)c2ccc[c-]c2-c2nccc3cccc1c23.O=C(/C=C(\O)C(F)(F)F)C(F)(F)F.[Ir]. The van der Waals surface area contributed by atoms with E-state index in [0.717, 1.165) is 5.39 Å². The van der Waals surface area contributed by atoms with Gasteiger partial charge in [-0.2, -0.15) is 26.3 Å². The van der Waals surface area contributed by atoms with Crippen molar-refractivity contribution in [2.45, 2.75) is 18.3 Å². The van der Waals surface area contributed by atoms with Crippen LogP contribution in [0.5, 0.6) is 0 Å². The zero-order chi connectivity index (χ0) is 23.9. The standard InChI is InChI=1S/C16H8F2N.C5H2F6O2.Ir/c17-16(18)12-6-2-1-5-11(12)15-14-10(8-9-19-15)4-3-7-13(14)16;6-4(7,8)2(12)1-3(13)5(9,10)11;/h1-4,6-9H;1,12H;/q-1;;/b;2-1-;. The Balaban J connectivity index is 0.000000246. The monoisotopic (exact) mass is 653 g/mol. The maximum absolute atomic E-state index is 14.6. The number of nitrogens with zero attached hydrogens (tertiary/aromatic N) is 1. The van der Waals surface area contributed by atoms with Crippen LogP contribution in [-0.2, 0) is 30.8 Å². The molecule has 2 aromatic carbocycles. The predicted octanol–water partition coefficient (Wildman–Crippen LogP) is 6.27. The smallest absolute Gasteiger partial charge is 0.454 e. The minimum absolute atomic E-state index is 0. The predicted molar refractivity (Wildman–Crippen MR) is 96.8 cm³/mol. The van der Waals surface area contributed by atoms with E-state index < -0.39 is 35.9 Å². The maximum atomic E-state index is 14.6. The number of ketones is 1. The fraction of sp³-hybridized carbons (Fsp3) is 0.143. The Kier molecular flexibility index (Phi) is 7.35. The van der Waals surface area contributed by atoms with Crippen molar-refractivity contribution in [1.29, 1.82) is 0 Å². The van der Waals surface area contributed by atoms with Gasteiger partial charge in [0.2, 0.25) is 5.76 Å². The second-order valence-electron chi connectivity index (χ2n) is 6.49. The first kappa shape index (κ1) is 26.4. The first-order valence-corrected chi connectivity index (χ1v) is 8.61. The van der Waals surface area contributed by atoms with Crippen LogP contribution in [0.1, 0.15) is 11.1 Å². The minimum atomic E-state index is -5.42. The number of halogens is 8. The molecule has 0 aliphatic heterocycles. The van der Waals surface area contributed by atoms with Gasteiger partial charge in [0, 0.05) is 37.9 Å². The molecule has 1 radical (unpaired) electrons. The molecule has 0 spiro atoms. The molecule has 3 aromatic rings. The van der Waals surface area contributed by atoms with Gasteiger partial charge in [-0.15, -0.1) is 29.8 Å². The van der Waals surface area contributed by atoms with Crippen molar-refractivity contribution in [2.75, 3.05) is 0 Å². The van der Waals surface area contributed by atoms with Crippen molar-refractivity contribution >= 4 is 16.6 Å². The van der Waals surface area contributed by atoms with E-state index in [1.54, 1.807) is 30.5 Å². The maximum Gasteiger partial charge on any atom is 0.454 e. The van der Waals surface area contributed by atoms with E-state index >= 15 is 0 Å². The molecule has 0 atom stereocenters. The minimum Gasteiger partial charge on any atom is -0.504 e. The summed E-state index contributed by atoms with van der Waals surface area (Å²) < 4.78 is 97.3. The van der Waals surface area contributed by atoms with Gasteiger partial charge in [0.05, 0.1) is 0 Å². The van der Waals surface area contributed by atoms with E-state index in [4.69, 9.17) is 5.11 Å². The molecule has 1 aliphatic carbocycles. The number of fused-ring (bicyclic) bond motifs is 2. The largest absolute Gasteiger partial charge is 0.504 e. The molecular weight excluding hydrogens is 642 g/mol. The van der Waals surface area contributed by atoms with Crippen LogP contribution in [0, 0.1) is 6.07 Å². The number of rotatable bonds is 1. The molecule has 3 nitrogen and oxygen atoms in total. The van der Waals surface area contributed by atoms with E-state index in [0.29, 0.717) is 16.6 Å². The van der Waals surface area contributed by atoms with Gasteiger partial charge < -0.3 is 10.1 Å². The van der Waals surface area contributed by atoms with Crippen molar-refractivity contribution in [2.24, 2.45) is 0 Å². The summed E-state index contributed by atoms with van der Waals surface area (Å²) in [5, 5.41) is 9.25. The quantitative estimate of drug-likeness (QED) is 0.146. The number of benzene rings is 2. The van der Waals surface area contributed by atoms with Crippen LogP contribution in [0.25, 0.3) is 22.0 Å². The Morgan fingerprint density at radius 1 is 0.970 bits per heavy atom. The molecule has 12 heteroatoms. The van der Waals surface area contributed by atoms with Crippen LogP contribution >= 0.6 is 0 Å². The van der Waals surface area contributed by atoms with E-state index in [2.05, 4.69) is 11.1 Å². The Morgan fingerprint density at radius 2 is 1.61 bits per heavy atom. The third-order valence-corrected chi connectivity index (χ3v) is 4.40. The van der Waals surface area contributed by atoms with Crippen LogP contribution in [0.3, 0.4) is 0 Å². The van der Waals surface area contributed by atoms with Crippen LogP contribution in [0.4, 0.5) is 35.1 Å². The molecule has 33 heavy (non-hydrogen) atoms. The number of aliphatic hydroxyl groups is 1. The second kappa shape index (κ2) is 9.18. The fourth-order valence-corrected chi connectivity index (χ4v) is 3.01. The Bertz CT molecular complexity index is 1210. The molecule has 0 amide bonds. The zero-order valence-electron chi connectivity index (χ0n) is 15.9. The number of pyridine rings is 1. The van der Waals surface area contributed by atoms with Crippen molar-refractivity contribution < 1.29 is 65.1 Å². The second-order valence-corrected chi connectivity index (χ2v) is 6.49. The molecule has 1 aliphatic rings. The number of carbonyl (C=O) groups is 1. The summed E-state index contributed by atoms with van der Waals surface area (Å²) in [4.78, 5) is 14.1. The average molecular weight is 653 g/mol. The van der Waals surface area contributed by atoms with Gasteiger partial charge in [0.1, 0.15) is 0 Å². The molecule has 1 aromatic heterocycles. The van der Waals surface area contributed by atoms with Gasteiger partial charge in [-0.1, -0.05) is 23.8 Å². The summed E-state index contributed by atoms with van der Waals surface area (Å²) >= 11 is 0. The number of hydrogen-bond acceptors (Lipinski definition) is 3. The molecular formula is C21H10F8IrNO2-. The van der Waals surface area contributed by atoms with Gasteiger partial charge in [-0.3, -0.25) is 4.79 Å². The molecule has 0 saturated heterocycles. The summed E-state index contributed by atoms with van der Waals surface area (Å²) in [7, 11) is 0. The summed E-state index contributed by atoms with van der Waals surface area (Å²) in [6, 6.07) is 14.3. The number of aromatic nitrogens is 1. The summed E-state index contributed by atoms with van der Waals surface area (Å²) in [5.41, 5.74) is 1.00. The molecule has 0 unspecified atom stereocenters. The van der Waals surface area contributed by atoms with Gasteiger partial charge >= 0.3 is 12.4 Å².